The maximum atomic E-state index is 12.2. The molecule has 0 aliphatic carbocycles. The van der Waals surface area contributed by atoms with Crippen molar-refractivity contribution >= 4 is 33.9 Å². The summed E-state index contributed by atoms with van der Waals surface area (Å²) in [6.07, 6.45) is 3.51. The summed E-state index contributed by atoms with van der Waals surface area (Å²) < 4.78 is 0. The van der Waals surface area contributed by atoms with Crippen molar-refractivity contribution in [2.75, 3.05) is 0 Å². The van der Waals surface area contributed by atoms with E-state index in [1.807, 2.05) is 61.7 Å². The molecule has 3 N–H and O–H groups in total. The van der Waals surface area contributed by atoms with Crippen LogP contribution in [0.2, 0.25) is 0 Å². The van der Waals surface area contributed by atoms with E-state index in [4.69, 9.17) is 0 Å². The van der Waals surface area contributed by atoms with Gasteiger partial charge in [0.25, 0.3) is 5.91 Å². The third kappa shape index (κ3) is 2.56. The molecule has 24 heavy (non-hydrogen) atoms. The number of para-hydroxylation sites is 1. The molecule has 5 nitrogen and oxygen atoms in total. The molecule has 0 bridgehead atoms. The molecule has 2 aromatic heterocycles. The number of H-pyrrole nitrogens is 2. The Morgan fingerprint density at radius 2 is 2.00 bits per heavy atom. The zero-order valence-corrected chi connectivity index (χ0v) is 13.1. The lowest BCUT2D eigenvalue weighted by molar-refractivity contribution is 0.0951. The Bertz CT molecular complexity index is 1070. The van der Waals surface area contributed by atoms with Crippen LogP contribution in [-0.4, -0.2) is 22.1 Å². The maximum absolute atomic E-state index is 12.2. The number of fused-ring (bicyclic) bond motifs is 2. The average Bonchev–Trinajstić information content (AvgIpc) is 3.18. The van der Waals surface area contributed by atoms with Crippen LogP contribution < -0.4 is 5.43 Å². The maximum Gasteiger partial charge on any atom is 0.287 e. The topological polar surface area (TPSA) is 73.0 Å². The van der Waals surface area contributed by atoms with Gasteiger partial charge in [0.05, 0.1) is 6.21 Å². The Hall–Kier alpha value is -3.34. The Morgan fingerprint density at radius 1 is 1.12 bits per heavy atom. The number of amides is 1. The molecule has 4 rings (SSSR count). The van der Waals surface area contributed by atoms with Crippen molar-refractivity contribution in [1.82, 2.24) is 15.4 Å². The van der Waals surface area contributed by atoms with E-state index in [1.165, 1.54) is 0 Å². The Morgan fingerprint density at radius 3 is 2.92 bits per heavy atom. The molecule has 0 fully saturated rings. The molecule has 1 amide bonds. The van der Waals surface area contributed by atoms with Crippen molar-refractivity contribution in [3.63, 3.8) is 0 Å². The summed E-state index contributed by atoms with van der Waals surface area (Å²) >= 11 is 0. The van der Waals surface area contributed by atoms with Crippen LogP contribution in [0, 0.1) is 6.92 Å². The molecule has 0 saturated heterocycles. The molecule has 0 radical (unpaired) electrons. The highest BCUT2D eigenvalue weighted by Crippen LogP contribution is 2.17. The first-order valence-corrected chi connectivity index (χ1v) is 7.69. The highest BCUT2D eigenvalue weighted by Gasteiger charge is 2.08. The van der Waals surface area contributed by atoms with Gasteiger partial charge in [0.1, 0.15) is 5.69 Å². The zero-order valence-electron chi connectivity index (χ0n) is 13.1. The van der Waals surface area contributed by atoms with Gasteiger partial charge in [-0.3, -0.25) is 4.79 Å². The van der Waals surface area contributed by atoms with E-state index in [1.54, 1.807) is 6.21 Å². The number of rotatable bonds is 3. The minimum absolute atomic E-state index is 0.264. The van der Waals surface area contributed by atoms with Crippen molar-refractivity contribution < 1.29 is 4.79 Å². The fourth-order valence-electron chi connectivity index (χ4n) is 2.80. The number of aryl methyl sites for hydroxylation is 1. The summed E-state index contributed by atoms with van der Waals surface area (Å²) in [6.45, 7) is 2.03. The number of aromatic nitrogens is 2. The first kappa shape index (κ1) is 14.3. The summed E-state index contributed by atoms with van der Waals surface area (Å²) in [5, 5.41) is 6.14. The molecule has 118 valence electrons. The fourth-order valence-corrected chi connectivity index (χ4v) is 2.80. The molecule has 5 heteroatoms. The minimum Gasteiger partial charge on any atom is -0.361 e. The summed E-state index contributed by atoms with van der Waals surface area (Å²) in [6, 6.07) is 15.8. The van der Waals surface area contributed by atoms with Crippen LogP contribution >= 0.6 is 0 Å². The number of nitrogens with one attached hydrogen (secondary N) is 3. The van der Waals surface area contributed by atoms with Crippen LogP contribution in [0.3, 0.4) is 0 Å². The molecule has 0 spiro atoms. The number of nitrogens with zero attached hydrogens (tertiary/aromatic N) is 1. The number of aromatic amines is 2. The third-order valence-corrected chi connectivity index (χ3v) is 4.01. The molecule has 0 aliphatic rings. The lowest BCUT2D eigenvalue weighted by Gasteiger charge is -1.96. The molecule has 0 aliphatic heterocycles. The van der Waals surface area contributed by atoms with Gasteiger partial charge < -0.3 is 9.97 Å². The van der Waals surface area contributed by atoms with Gasteiger partial charge in [0.15, 0.2) is 0 Å². The molecule has 2 heterocycles. The zero-order chi connectivity index (χ0) is 16.5. The van der Waals surface area contributed by atoms with Crippen LogP contribution in [0.25, 0.3) is 21.8 Å². The quantitative estimate of drug-likeness (QED) is 0.391. The summed E-state index contributed by atoms with van der Waals surface area (Å²) in [4.78, 5) is 18.5. The number of hydrazone groups is 1. The van der Waals surface area contributed by atoms with Gasteiger partial charge in [0.2, 0.25) is 0 Å². The molecule has 0 saturated carbocycles. The van der Waals surface area contributed by atoms with Crippen molar-refractivity contribution in [2.45, 2.75) is 6.92 Å². The van der Waals surface area contributed by atoms with Crippen molar-refractivity contribution in [1.29, 1.82) is 0 Å². The minimum atomic E-state index is -0.264. The normalized spacial score (nSPS) is 11.5. The smallest absolute Gasteiger partial charge is 0.287 e. The highest BCUT2D eigenvalue weighted by atomic mass is 16.2. The number of carbonyl (C=O) groups excluding carboxylic acids is 1. The molecule has 2 aromatic carbocycles. The summed E-state index contributed by atoms with van der Waals surface area (Å²) in [5.41, 5.74) is 7.12. The van der Waals surface area contributed by atoms with Gasteiger partial charge >= 0.3 is 0 Å². The van der Waals surface area contributed by atoms with E-state index in [2.05, 4.69) is 20.5 Å². The molecule has 4 aromatic rings. The van der Waals surface area contributed by atoms with E-state index in [0.29, 0.717) is 5.69 Å². The van der Waals surface area contributed by atoms with E-state index in [-0.39, 0.29) is 5.91 Å². The van der Waals surface area contributed by atoms with E-state index in [9.17, 15) is 4.79 Å². The second kappa shape index (κ2) is 5.70. The monoisotopic (exact) mass is 316 g/mol. The molecular weight excluding hydrogens is 300 g/mol. The van der Waals surface area contributed by atoms with Crippen molar-refractivity contribution in [3.8, 4) is 0 Å². The van der Waals surface area contributed by atoms with Gasteiger partial charge in [-0.2, -0.15) is 5.10 Å². The average molecular weight is 316 g/mol. The first-order chi connectivity index (χ1) is 11.7. The Kier molecular flexibility index (Phi) is 3.39. The number of hydrogen-bond donors (Lipinski definition) is 3. The summed E-state index contributed by atoms with van der Waals surface area (Å²) in [7, 11) is 0. The molecule has 0 unspecified atom stereocenters. The van der Waals surface area contributed by atoms with Crippen LogP contribution in [0.1, 0.15) is 21.6 Å². The Balaban J connectivity index is 1.53. The first-order valence-electron chi connectivity index (χ1n) is 7.69. The second-order valence-electron chi connectivity index (χ2n) is 5.76. The van der Waals surface area contributed by atoms with Gasteiger partial charge in [-0.15, -0.1) is 0 Å². The van der Waals surface area contributed by atoms with Crippen LogP contribution in [0.4, 0.5) is 0 Å². The van der Waals surface area contributed by atoms with E-state index < -0.39 is 0 Å². The predicted octanol–water partition coefficient (Wildman–Crippen LogP) is 3.72. The van der Waals surface area contributed by atoms with Crippen LogP contribution in [0.5, 0.6) is 0 Å². The van der Waals surface area contributed by atoms with Crippen LogP contribution in [0.15, 0.2) is 59.8 Å². The summed E-state index contributed by atoms with van der Waals surface area (Å²) in [5.74, 6) is -0.264. The van der Waals surface area contributed by atoms with Gasteiger partial charge in [-0.25, -0.2) is 5.43 Å². The number of carbonyl (C=O) groups is 1. The molecule has 0 atom stereocenters. The molecular formula is C19H16N4O. The number of hydrogen-bond acceptors (Lipinski definition) is 2. The Labute approximate surface area is 138 Å². The standard InChI is InChI=1S/C19H16N4O/c1-12-6-7-16-13(8-12)9-18(22-16)19(24)23-21-11-14-10-20-17-5-3-2-4-15(14)17/h2-11,20,22H,1H3,(H,23,24). The lowest BCUT2D eigenvalue weighted by Crippen LogP contribution is -2.17. The third-order valence-electron chi connectivity index (χ3n) is 4.01. The fraction of sp³-hybridized carbons (Fsp3) is 0.0526. The number of benzene rings is 2. The van der Waals surface area contributed by atoms with E-state index >= 15 is 0 Å². The predicted molar refractivity (Wildman–Crippen MR) is 96.4 cm³/mol. The largest absolute Gasteiger partial charge is 0.361 e. The van der Waals surface area contributed by atoms with Crippen molar-refractivity contribution in [3.05, 3.63) is 71.5 Å². The van der Waals surface area contributed by atoms with Crippen molar-refractivity contribution in [2.24, 2.45) is 5.10 Å². The van der Waals surface area contributed by atoms with Gasteiger partial charge in [0, 0.05) is 33.6 Å². The van der Waals surface area contributed by atoms with E-state index in [0.717, 1.165) is 32.9 Å². The van der Waals surface area contributed by atoms with Gasteiger partial charge in [-0.05, 0) is 31.2 Å². The van der Waals surface area contributed by atoms with Gasteiger partial charge in [-0.1, -0.05) is 29.8 Å². The second-order valence-corrected chi connectivity index (χ2v) is 5.76. The SMILES string of the molecule is Cc1ccc2[nH]c(C(=O)NN=Cc3c[nH]c4ccccc34)cc2c1. The highest BCUT2D eigenvalue weighted by molar-refractivity contribution is 6.01. The lowest BCUT2D eigenvalue weighted by atomic mass is 10.2. The van der Waals surface area contributed by atoms with Crippen LogP contribution in [-0.2, 0) is 0 Å².